The molecule has 1 aromatic rings. The van der Waals surface area contributed by atoms with Crippen LogP contribution in [0.4, 0.5) is 4.79 Å². The first-order valence-corrected chi connectivity index (χ1v) is 6.61. The van der Waals surface area contributed by atoms with Crippen molar-refractivity contribution in [2.45, 2.75) is 0 Å². The quantitative estimate of drug-likeness (QED) is 0.483. The molecule has 0 radical (unpaired) electrons. The van der Waals surface area contributed by atoms with Crippen molar-refractivity contribution in [3.05, 3.63) is 33.9 Å². The standard InChI is InChI=1S/C13H11BrN2O5/c1-21-11(18)6-16-12(19)9(15-13(16)20)5-7-4-8(14)2-3-10(7)17/h2-5,17H,6H2,1H3,(H,15,20)/b9-5+. The highest BCUT2D eigenvalue weighted by Crippen LogP contribution is 2.25. The third kappa shape index (κ3) is 3.22. The number of phenols is 1. The van der Waals surface area contributed by atoms with Crippen LogP contribution in [0.5, 0.6) is 5.75 Å². The summed E-state index contributed by atoms with van der Waals surface area (Å²) in [6.45, 7) is -0.469. The molecule has 3 amide bonds. The summed E-state index contributed by atoms with van der Waals surface area (Å²) in [6.07, 6.45) is 1.33. The summed E-state index contributed by atoms with van der Waals surface area (Å²) < 4.78 is 5.12. The van der Waals surface area contributed by atoms with Gasteiger partial charge in [-0.1, -0.05) is 15.9 Å². The van der Waals surface area contributed by atoms with E-state index in [0.29, 0.717) is 10.0 Å². The molecule has 0 aliphatic carbocycles. The SMILES string of the molecule is COC(=O)CN1C(=O)N/C(=C/c2cc(Br)ccc2O)C1=O. The van der Waals surface area contributed by atoms with Crippen LogP contribution in [0.15, 0.2) is 28.4 Å². The molecule has 0 saturated carbocycles. The number of phenolic OH excluding ortho intramolecular Hbond substituents is 1. The molecule has 0 atom stereocenters. The maximum Gasteiger partial charge on any atom is 0.329 e. The lowest BCUT2D eigenvalue weighted by Gasteiger charge is -2.09. The molecule has 1 aromatic carbocycles. The zero-order valence-corrected chi connectivity index (χ0v) is 12.5. The van der Waals surface area contributed by atoms with Crippen LogP contribution >= 0.6 is 15.9 Å². The predicted octanol–water partition coefficient (Wildman–Crippen LogP) is 1.22. The third-order valence-electron chi connectivity index (χ3n) is 2.77. The number of nitrogens with zero attached hydrogens (tertiary/aromatic N) is 1. The van der Waals surface area contributed by atoms with E-state index in [1.165, 1.54) is 12.1 Å². The molecule has 1 heterocycles. The number of methoxy groups -OCH3 is 1. The molecule has 21 heavy (non-hydrogen) atoms. The van der Waals surface area contributed by atoms with Crippen LogP contribution < -0.4 is 5.32 Å². The van der Waals surface area contributed by atoms with Gasteiger partial charge in [0.05, 0.1) is 7.11 Å². The molecule has 7 nitrogen and oxygen atoms in total. The second kappa shape index (κ2) is 5.96. The molecule has 0 spiro atoms. The molecule has 0 aromatic heterocycles. The minimum absolute atomic E-state index is 0.0303. The molecule has 110 valence electrons. The van der Waals surface area contributed by atoms with E-state index >= 15 is 0 Å². The second-order valence-electron chi connectivity index (χ2n) is 4.16. The Kier molecular flexibility index (Phi) is 4.27. The highest BCUT2D eigenvalue weighted by molar-refractivity contribution is 9.10. The molecular weight excluding hydrogens is 344 g/mol. The Morgan fingerprint density at radius 2 is 2.19 bits per heavy atom. The highest BCUT2D eigenvalue weighted by atomic mass is 79.9. The van der Waals surface area contributed by atoms with Crippen molar-refractivity contribution in [1.82, 2.24) is 10.2 Å². The number of hydrogen-bond acceptors (Lipinski definition) is 5. The maximum absolute atomic E-state index is 12.0. The van der Waals surface area contributed by atoms with Gasteiger partial charge in [-0.2, -0.15) is 0 Å². The fourth-order valence-electron chi connectivity index (χ4n) is 1.71. The molecule has 0 bridgehead atoms. The monoisotopic (exact) mass is 354 g/mol. The summed E-state index contributed by atoms with van der Waals surface area (Å²) in [5.41, 5.74) is 0.324. The van der Waals surface area contributed by atoms with Crippen molar-refractivity contribution in [3.63, 3.8) is 0 Å². The van der Waals surface area contributed by atoms with Gasteiger partial charge in [-0.3, -0.25) is 9.59 Å². The first-order chi connectivity index (χ1) is 9.92. The number of ether oxygens (including phenoxy) is 1. The number of imide groups is 1. The van der Waals surface area contributed by atoms with Gasteiger partial charge in [-0.05, 0) is 24.3 Å². The number of carbonyl (C=O) groups is 3. The second-order valence-corrected chi connectivity index (χ2v) is 5.07. The van der Waals surface area contributed by atoms with Crippen molar-refractivity contribution in [2.75, 3.05) is 13.7 Å². The fraction of sp³-hybridized carbons (Fsp3) is 0.154. The minimum atomic E-state index is -0.717. The van der Waals surface area contributed by atoms with E-state index in [1.807, 2.05) is 0 Å². The Morgan fingerprint density at radius 1 is 1.48 bits per heavy atom. The lowest BCUT2D eigenvalue weighted by Crippen LogP contribution is -2.36. The molecule has 2 rings (SSSR count). The number of nitrogens with one attached hydrogen (secondary N) is 1. The number of hydrogen-bond donors (Lipinski definition) is 2. The third-order valence-corrected chi connectivity index (χ3v) is 3.26. The summed E-state index contributed by atoms with van der Waals surface area (Å²) in [5.74, 6) is -1.41. The van der Waals surface area contributed by atoms with Crippen molar-refractivity contribution in [2.24, 2.45) is 0 Å². The van der Waals surface area contributed by atoms with Gasteiger partial charge in [0.1, 0.15) is 18.0 Å². The van der Waals surface area contributed by atoms with Crippen LogP contribution in [0, 0.1) is 0 Å². The number of benzene rings is 1. The van der Waals surface area contributed by atoms with Crippen LogP contribution in [0.2, 0.25) is 0 Å². The number of urea groups is 1. The number of halogens is 1. The Hall–Kier alpha value is -2.35. The average molecular weight is 355 g/mol. The van der Waals surface area contributed by atoms with E-state index < -0.39 is 24.5 Å². The van der Waals surface area contributed by atoms with Crippen molar-refractivity contribution in [1.29, 1.82) is 0 Å². The van der Waals surface area contributed by atoms with Gasteiger partial charge in [0.2, 0.25) is 0 Å². The van der Waals surface area contributed by atoms with Crippen LogP contribution in [-0.2, 0) is 14.3 Å². The number of rotatable bonds is 3. The van der Waals surface area contributed by atoms with Crippen LogP contribution in [0.3, 0.4) is 0 Å². The molecule has 1 fully saturated rings. The fourth-order valence-corrected chi connectivity index (χ4v) is 2.08. The zero-order chi connectivity index (χ0) is 15.6. The molecule has 2 N–H and O–H groups in total. The molecular formula is C13H11BrN2O5. The van der Waals surface area contributed by atoms with Gasteiger partial charge in [-0.25, -0.2) is 9.69 Å². The minimum Gasteiger partial charge on any atom is -0.507 e. The first kappa shape index (κ1) is 15.0. The maximum atomic E-state index is 12.0. The Morgan fingerprint density at radius 3 is 2.86 bits per heavy atom. The average Bonchev–Trinajstić information content (AvgIpc) is 2.70. The van der Waals surface area contributed by atoms with Gasteiger partial charge in [0.25, 0.3) is 5.91 Å². The van der Waals surface area contributed by atoms with E-state index in [4.69, 9.17) is 0 Å². The lowest BCUT2D eigenvalue weighted by atomic mass is 10.1. The van der Waals surface area contributed by atoms with Crippen molar-refractivity contribution in [3.8, 4) is 5.75 Å². The lowest BCUT2D eigenvalue weighted by molar-refractivity contribution is -0.143. The first-order valence-electron chi connectivity index (χ1n) is 5.82. The van der Waals surface area contributed by atoms with Crippen LogP contribution in [0.1, 0.15) is 5.56 Å². The molecule has 0 unspecified atom stereocenters. The van der Waals surface area contributed by atoms with Crippen LogP contribution in [-0.4, -0.2) is 41.6 Å². The van der Waals surface area contributed by atoms with Gasteiger partial charge >= 0.3 is 12.0 Å². The Bertz CT molecular complexity index is 656. The van der Waals surface area contributed by atoms with Gasteiger partial charge in [-0.15, -0.1) is 0 Å². The predicted molar refractivity (Wildman–Crippen MR) is 76.0 cm³/mol. The van der Waals surface area contributed by atoms with Crippen molar-refractivity contribution < 1.29 is 24.2 Å². The number of amides is 3. The van der Waals surface area contributed by atoms with Crippen LogP contribution in [0.25, 0.3) is 6.08 Å². The summed E-state index contributed by atoms with van der Waals surface area (Å²) in [4.78, 5) is 35.6. The highest BCUT2D eigenvalue weighted by Gasteiger charge is 2.35. The molecule has 1 aliphatic rings. The molecule has 8 heteroatoms. The van der Waals surface area contributed by atoms with Gasteiger partial charge in [0.15, 0.2) is 0 Å². The number of aromatic hydroxyl groups is 1. The van der Waals surface area contributed by atoms with Crippen molar-refractivity contribution >= 4 is 39.9 Å². The smallest absolute Gasteiger partial charge is 0.329 e. The van der Waals surface area contributed by atoms with E-state index in [0.717, 1.165) is 12.0 Å². The Labute approximate surface area is 128 Å². The van der Waals surface area contributed by atoms with E-state index in [9.17, 15) is 19.5 Å². The summed E-state index contributed by atoms with van der Waals surface area (Å²) >= 11 is 3.24. The van der Waals surface area contributed by atoms with E-state index in [-0.39, 0.29) is 11.4 Å². The number of esters is 1. The van der Waals surface area contributed by atoms with Gasteiger partial charge in [0, 0.05) is 10.0 Å². The van der Waals surface area contributed by atoms with E-state index in [2.05, 4.69) is 26.0 Å². The van der Waals surface area contributed by atoms with Gasteiger partial charge < -0.3 is 15.2 Å². The summed E-state index contributed by atoms with van der Waals surface area (Å²) in [6, 6.07) is 3.95. The normalized spacial score (nSPS) is 16.3. The van der Waals surface area contributed by atoms with E-state index in [1.54, 1.807) is 12.1 Å². The largest absolute Gasteiger partial charge is 0.507 e. The summed E-state index contributed by atoms with van der Waals surface area (Å²) in [7, 11) is 1.16. The number of carbonyl (C=O) groups excluding carboxylic acids is 3. The summed E-state index contributed by atoms with van der Waals surface area (Å²) in [5, 5.41) is 12.1. The topological polar surface area (TPSA) is 95.9 Å². The molecule has 1 saturated heterocycles. The molecule has 1 aliphatic heterocycles. The zero-order valence-electron chi connectivity index (χ0n) is 10.9. The Balaban J connectivity index is 2.28.